The maximum Gasteiger partial charge on any atom is 0.328 e. The monoisotopic (exact) mass is 291 g/mol. The van der Waals surface area contributed by atoms with Gasteiger partial charge in [0, 0.05) is 6.61 Å². The summed E-state index contributed by atoms with van der Waals surface area (Å²) in [7, 11) is 1.34. The predicted molar refractivity (Wildman–Crippen MR) is 77.6 cm³/mol. The van der Waals surface area contributed by atoms with E-state index in [1.54, 1.807) is 0 Å². The van der Waals surface area contributed by atoms with Crippen LogP contribution in [0.25, 0.3) is 0 Å². The fraction of sp³-hybridized carbons (Fsp3) is 0.500. The SMILES string of the molecule is COC(=O)[C@H](CCc1ccccc1)NC(=O)[C@@H]1CCOC1. The number of aryl methyl sites for hydroxylation is 1. The Morgan fingerprint density at radius 1 is 1.38 bits per heavy atom. The molecule has 114 valence electrons. The van der Waals surface area contributed by atoms with Crippen molar-refractivity contribution in [1.29, 1.82) is 0 Å². The van der Waals surface area contributed by atoms with E-state index in [4.69, 9.17) is 9.47 Å². The molecule has 1 aromatic rings. The van der Waals surface area contributed by atoms with Gasteiger partial charge in [-0.15, -0.1) is 0 Å². The molecule has 21 heavy (non-hydrogen) atoms. The summed E-state index contributed by atoms with van der Waals surface area (Å²) in [5.74, 6) is -0.692. The van der Waals surface area contributed by atoms with Crippen LogP contribution in [0.15, 0.2) is 30.3 Å². The number of carbonyl (C=O) groups is 2. The smallest absolute Gasteiger partial charge is 0.328 e. The molecule has 5 nitrogen and oxygen atoms in total. The van der Waals surface area contributed by atoms with Crippen LogP contribution in [-0.4, -0.2) is 38.2 Å². The average Bonchev–Trinajstić information content (AvgIpc) is 3.06. The van der Waals surface area contributed by atoms with Crippen molar-refractivity contribution in [3.8, 4) is 0 Å². The normalized spacial score (nSPS) is 19.0. The number of amides is 1. The molecular formula is C16H21NO4. The largest absolute Gasteiger partial charge is 0.467 e. The van der Waals surface area contributed by atoms with E-state index < -0.39 is 12.0 Å². The first-order valence-electron chi connectivity index (χ1n) is 7.20. The lowest BCUT2D eigenvalue weighted by atomic mass is 10.0. The quantitative estimate of drug-likeness (QED) is 0.803. The van der Waals surface area contributed by atoms with E-state index in [9.17, 15) is 9.59 Å². The van der Waals surface area contributed by atoms with Gasteiger partial charge >= 0.3 is 5.97 Å². The van der Waals surface area contributed by atoms with Crippen LogP contribution in [0.3, 0.4) is 0 Å². The fourth-order valence-corrected chi connectivity index (χ4v) is 2.38. The van der Waals surface area contributed by atoms with Gasteiger partial charge in [0.1, 0.15) is 6.04 Å². The van der Waals surface area contributed by atoms with Crippen LogP contribution in [0.4, 0.5) is 0 Å². The predicted octanol–water partition coefficient (Wildman–Crippen LogP) is 1.31. The maximum absolute atomic E-state index is 12.1. The molecule has 1 aromatic carbocycles. The third kappa shape index (κ3) is 4.56. The first kappa shape index (κ1) is 15.5. The number of hydrogen-bond acceptors (Lipinski definition) is 4. The van der Waals surface area contributed by atoms with E-state index in [0.717, 1.165) is 5.56 Å². The molecule has 0 radical (unpaired) electrons. The van der Waals surface area contributed by atoms with E-state index in [2.05, 4.69) is 5.32 Å². The second kappa shape index (κ2) is 7.78. The first-order valence-corrected chi connectivity index (χ1v) is 7.20. The van der Waals surface area contributed by atoms with Crippen molar-refractivity contribution >= 4 is 11.9 Å². The Balaban J connectivity index is 1.91. The topological polar surface area (TPSA) is 64.6 Å². The molecule has 0 aliphatic carbocycles. The second-order valence-electron chi connectivity index (χ2n) is 5.17. The van der Waals surface area contributed by atoms with Crippen LogP contribution < -0.4 is 5.32 Å². The number of esters is 1. The van der Waals surface area contributed by atoms with E-state index >= 15 is 0 Å². The summed E-state index contributed by atoms with van der Waals surface area (Å²) < 4.78 is 9.98. The van der Waals surface area contributed by atoms with Crippen molar-refractivity contribution in [2.75, 3.05) is 20.3 Å². The second-order valence-corrected chi connectivity index (χ2v) is 5.17. The molecule has 1 saturated heterocycles. The van der Waals surface area contributed by atoms with Gasteiger partial charge in [-0.05, 0) is 24.8 Å². The molecule has 0 bridgehead atoms. The molecule has 1 amide bonds. The highest BCUT2D eigenvalue weighted by Crippen LogP contribution is 2.13. The van der Waals surface area contributed by atoms with Crippen LogP contribution in [0.2, 0.25) is 0 Å². The Morgan fingerprint density at radius 3 is 2.76 bits per heavy atom. The molecule has 0 spiro atoms. The van der Waals surface area contributed by atoms with Gasteiger partial charge in [-0.1, -0.05) is 30.3 Å². The zero-order valence-electron chi connectivity index (χ0n) is 12.2. The van der Waals surface area contributed by atoms with Crippen LogP contribution in [0, 0.1) is 5.92 Å². The fourth-order valence-electron chi connectivity index (χ4n) is 2.38. The highest BCUT2D eigenvalue weighted by Gasteiger charge is 2.28. The van der Waals surface area contributed by atoms with Gasteiger partial charge in [-0.25, -0.2) is 4.79 Å². The van der Waals surface area contributed by atoms with Crippen molar-refractivity contribution in [3.05, 3.63) is 35.9 Å². The maximum atomic E-state index is 12.1. The Hall–Kier alpha value is -1.88. The summed E-state index contributed by atoms with van der Waals surface area (Å²) in [6.07, 6.45) is 1.94. The molecule has 0 saturated carbocycles. The number of hydrogen-bond donors (Lipinski definition) is 1. The number of rotatable bonds is 6. The first-order chi connectivity index (χ1) is 10.2. The lowest BCUT2D eigenvalue weighted by molar-refractivity contribution is -0.145. The molecule has 1 aliphatic rings. The molecular weight excluding hydrogens is 270 g/mol. The lowest BCUT2D eigenvalue weighted by Crippen LogP contribution is -2.44. The van der Waals surface area contributed by atoms with Crippen LogP contribution in [0.1, 0.15) is 18.4 Å². The summed E-state index contributed by atoms with van der Waals surface area (Å²) in [6.45, 7) is 1.03. The third-order valence-corrected chi connectivity index (χ3v) is 3.67. The van der Waals surface area contributed by atoms with Gasteiger partial charge in [0.15, 0.2) is 0 Å². The summed E-state index contributed by atoms with van der Waals surface area (Å²) in [4.78, 5) is 23.9. The number of benzene rings is 1. The van der Waals surface area contributed by atoms with E-state index in [-0.39, 0.29) is 11.8 Å². The Kier molecular flexibility index (Phi) is 5.75. The van der Waals surface area contributed by atoms with Gasteiger partial charge < -0.3 is 14.8 Å². The molecule has 0 aromatic heterocycles. The number of methoxy groups -OCH3 is 1. The molecule has 1 heterocycles. The molecule has 0 unspecified atom stereocenters. The van der Waals surface area contributed by atoms with Crippen molar-refractivity contribution < 1.29 is 19.1 Å². The van der Waals surface area contributed by atoms with Crippen LogP contribution in [-0.2, 0) is 25.5 Å². The van der Waals surface area contributed by atoms with Gasteiger partial charge in [0.2, 0.25) is 5.91 Å². The summed E-state index contributed by atoms with van der Waals surface area (Å²) in [6, 6.07) is 9.25. The molecule has 1 N–H and O–H groups in total. The van der Waals surface area contributed by atoms with Gasteiger partial charge in [0.05, 0.1) is 19.6 Å². The lowest BCUT2D eigenvalue weighted by Gasteiger charge is -2.18. The molecule has 1 aliphatic heterocycles. The summed E-state index contributed by atoms with van der Waals surface area (Å²) >= 11 is 0. The van der Waals surface area contributed by atoms with Crippen molar-refractivity contribution in [1.82, 2.24) is 5.32 Å². The minimum absolute atomic E-state index is 0.129. The van der Waals surface area contributed by atoms with E-state index in [1.807, 2.05) is 30.3 Å². The van der Waals surface area contributed by atoms with Gasteiger partial charge in [-0.2, -0.15) is 0 Å². The highest BCUT2D eigenvalue weighted by molar-refractivity contribution is 5.85. The molecule has 2 rings (SSSR count). The molecule has 2 atom stereocenters. The Morgan fingerprint density at radius 2 is 2.14 bits per heavy atom. The third-order valence-electron chi connectivity index (χ3n) is 3.67. The van der Waals surface area contributed by atoms with E-state index in [0.29, 0.717) is 32.5 Å². The Bertz CT molecular complexity index is 468. The van der Waals surface area contributed by atoms with Crippen molar-refractivity contribution in [2.45, 2.75) is 25.3 Å². The van der Waals surface area contributed by atoms with Crippen molar-refractivity contribution in [2.24, 2.45) is 5.92 Å². The summed E-state index contributed by atoms with van der Waals surface area (Å²) in [5.41, 5.74) is 1.13. The number of ether oxygens (including phenoxy) is 2. The van der Waals surface area contributed by atoms with Crippen LogP contribution in [0.5, 0.6) is 0 Å². The van der Waals surface area contributed by atoms with E-state index in [1.165, 1.54) is 7.11 Å². The van der Waals surface area contributed by atoms with Gasteiger partial charge in [0.25, 0.3) is 0 Å². The molecule has 5 heteroatoms. The highest BCUT2D eigenvalue weighted by atomic mass is 16.5. The molecule has 1 fully saturated rings. The summed E-state index contributed by atoms with van der Waals surface area (Å²) in [5, 5.41) is 2.79. The zero-order chi connectivity index (χ0) is 15.1. The number of carbonyl (C=O) groups excluding carboxylic acids is 2. The van der Waals surface area contributed by atoms with Gasteiger partial charge in [-0.3, -0.25) is 4.79 Å². The van der Waals surface area contributed by atoms with Crippen LogP contribution >= 0.6 is 0 Å². The zero-order valence-corrected chi connectivity index (χ0v) is 12.2. The minimum atomic E-state index is -0.608. The standard InChI is InChI=1S/C16H21NO4/c1-20-16(19)14(8-7-12-5-3-2-4-6-12)17-15(18)13-9-10-21-11-13/h2-6,13-14H,7-11H2,1H3,(H,17,18)/t13-,14+/m1/s1. The minimum Gasteiger partial charge on any atom is -0.467 e. The average molecular weight is 291 g/mol. The van der Waals surface area contributed by atoms with Crippen molar-refractivity contribution in [3.63, 3.8) is 0 Å². The number of nitrogens with one attached hydrogen (secondary N) is 1. The Labute approximate surface area is 124 Å².